The molecule has 3 N–H and O–H groups in total. The molecule has 2 atom stereocenters. The van der Waals surface area contributed by atoms with E-state index in [1.165, 1.54) is 6.42 Å². The molecule has 2 amide bonds. The lowest BCUT2D eigenvalue weighted by atomic mass is 10.0. The molecule has 2 aromatic carbocycles. The Morgan fingerprint density at radius 3 is 2.64 bits per heavy atom. The molecule has 5 heteroatoms. The Balaban J connectivity index is 1.53. The lowest BCUT2D eigenvalue weighted by Crippen LogP contribution is -2.50. The van der Waals surface area contributed by atoms with Crippen molar-refractivity contribution < 1.29 is 9.59 Å². The van der Waals surface area contributed by atoms with Crippen LogP contribution in [0.3, 0.4) is 0 Å². The molecular weight excluding hydrogens is 350 g/mol. The fourth-order valence-electron chi connectivity index (χ4n) is 3.76. The molecule has 1 fully saturated rings. The van der Waals surface area contributed by atoms with E-state index in [0.717, 1.165) is 35.8 Å². The third-order valence-electron chi connectivity index (χ3n) is 5.46. The van der Waals surface area contributed by atoms with Crippen molar-refractivity contribution in [3.63, 3.8) is 0 Å². The number of rotatable bonds is 8. The molecule has 0 saturated carbocycles. The van der Waals surface area contributed by atoms with Crippen molar-refractivity contribution in [1.29, 1.82) is 0 Å². The van der Waals surface area contributed by atoms with Gasteiger partial charge in [0.25, 0.3) is 0 Å². The number of hydrogen-bond donors (Lipinski definition) is 3. The van der Waals surface area contributed by atoms with E-state index in [1.54, 1.807) is 0 Å². The van der Waals surface area contributed by atoms with Crippen molar-refractivity contribution in [1.82, 2.24) is 16.0 Å². The van der Waals surface area contributed by atoms with Crippen molar-refractivity contribution in [2.24, 2.45) is 11.8 Å². The zero-order valence-electron chi connectivity index (χ0n) is 16.8. The SMILES string of the molecule is CC(C)C(NC(=O)Cc1ccc2ccccc2c1)C(=O)NCCC1CCNC1. The van der Waals surface area contributed by atoms with Crippen LogP contribution in [0.1, 0.15) is 32.3 Å². The van der Waals surface area contributed by atoms with Crippen molar-refractivity contribution in [2.75, 3.05) is 19.6 Å². The van der Waals surface area contributed by atoms with Gasteiger partial charge < -0.3 is 16.0 Å². The lowest BCUT2D eigenvalue weighted by molar-refractivity contribution is -0.129. The molecule has 1 aliphatic rings. The van der Waals surface area contributed by atoms with Crippen LogP contribution in [0.5, 0.6) is 0 Å². The van der Waals surface area contributed by atoms with Gasteiger partial charge in [0, 0.05) is 6.54 Å². The first-order chi connectivity index (χ1) is 13.5. The maximum Gasteiger partial charge on any atom is 0.242 e. The number of fused-ring (bicyclic) bond motifs is 1. The van der Waals surface area contributed by atoms with Crippen molar-refractivity contribution >= 4 is 22.6 Å². The van der Waals surface area contributed by atoms with E-state index < -0.39 is 6.04 Å². The van der Waals surface area contributed by atoms with Crippen molar-refractivity contribution in [3.8, 4) is 0 Å². The predicted octanol–water partition coefficient (Wildman–Crippen LogP) is 2.64. The minimum absolute atomic E-state index is 0.0358. The van der Waals surface area contributed by atoms with E-state index in [2.05, 4.69) is 22.0 Å². The van der Waals surface area contributed by atoms with Gasteiger partial charge in [-0.05, 0) is 54.1 Å². The third-order valence-corrected chi connectivity index (χ3v) is 5.46. The van der Waals surface area contributed by atoms with Crippen LogP contribution in [-0.2, 0) is 16.0 Å². The second-order valence-electron chi connectivity index (χ2n) is 8.09. The Hall–Kier alpha value is -2.40. The summed E-state index contributed by atoms with van der Waals surface area (Å²) in [6.07, 6.45) is 2.43. The molecule has 1 aliphatic heterocycles. The van der Waals surface area contributed by atoms with Crippen LogP contribution in [0.25, 0.3) is 10.8 Å². The summed E-state index contributed by atoms with van der Waals surface area (Å²) in [5.74, 6) is 0.464. The average Bonchev–Trinajstić information content (AvgIpc) is 3.19. The summed E-state index contributed by atoms with van der Waals surface area (Å²) in [6.45, 7) is 6.68. The fourth-order valence-corrected chi connectivity index (χ4v) is 3.76. The summed E-state index contributed by atoms with van der Waals surface area (Å²) in [4.78, 5) is 25.1. The number of amides is 2. The molecule has 0 spiro atoms. The van der Waals surface area contributed by atoms with Gasteiger partial charge in [0.1, 0.15) is 6.04 Å². The van der Waals surface area contributed by atoms with Gasteiger partial charge in [0.05, 0.1) is 6.42 Å². The van der Waals surface area contributed by atoms with Gasteiger partial charge in [0.2, 0.25) is 11.8 Å². The normalized spacial score (nSPS) is 17.6. The van der Waals surface area contributed by atoms with Crippen LogP contribution >= 0.6 is 0 Å². The number of hydrogen-bond acceptors (Lipinski definition) is 3. The van der Waals surface area contributed by atoms with E-state index in [9.17, 15) is 9.59 Å². The van der Waals surface area contributed by atoms with Crippen LogP contribution in [0.15, 0.2) is 42.5 Å². The first-order valence-corrected chi connectivity index (χ1v) is 10.3. The first-order valence-electron chi connectivity index (χ1n) is 10.3. The first kappa shape index (κ1) is 20.3. The largest absolute Gasteiger partial charge is 0.354 e. The molecule has 0 aliphatic carbocycles. The van der Waals surface area contributed by atoms with Gasteiger partial charge in [-0.2, -0.15) is 0 Å². The molecule has 28 heavy (non-hydrogen) atoms. The van der Waals surface area contributed by atoms with E-state index in [4.69, 9.17) is 0 Å². The minimum atomic E-state index is -0.505. The van der Waals surface area contributed by atoms with Crippen molar-refractivity contribution in [2.45, 2.75) is 39.2 Å². The van der Waals surface area contributed by atoms with Gasteiger partial charge in [0.15, 0.2) is 0 Å². The molecule has 0 bridgehead atoms. The molecule has 1 heterocycles. The molecule has 2 aromatic rings. The second-order valence-corrected chi connectivity index (χ2v) is 8.09. The molecule has 2 unspecified atom stereocenters. The Bertz CT molecular complexity index is 812. The number of carbonyl (C=O) groups is 2. The van der Waals surface area contributed by atoms with Gasteiger partial charge in [-0.25, -0.2) is 0 Å². The van der Waals surface area contributed by atoms with Crippen LogP contribution in [-0.4, -0.2) is 37.5 Å². The number of carbonyl (C=O) groups excluding carboxylic acids is 2. The molecule has 150 valence electrons. The maximum atomic E-state index is 12.6. The maximum absolute atomic E-state index is 12.6. The molecule has 1 saturated heterocycles. The van der Waals surface area contributed by atoms with Gasteiger partial charge in [-0.3, -0.25) is 9.59 Å². The smallest absolute Gasteiger partial charge is 0.242 e. The summed E-state index contributed by atoms with van der Waals surface area (Å²) in [6, 6.07) is 13.6. The number of benzene rings is 2. The van der Waals surface area contributed by atoms with E-state index in [0.29, 0.717) is 12.5 Å². The average molecular weight is 382 g/mol. The highest BCUT2D eigenvalue weighted by atomic mass is 16.2. The van der Waals surface area contributed by atoms with E-state index >= 15 is 0 Å². The zero-order chi connectivity index (χ0) is 19.9. The topological polar surface area (TPSA) is 70.2 Å². The van der Waals surface area contributed by atoms with Crippen LogP contribution in [0.2, 0.25) is 0 Å². The lowest BCUT2D eigenvalue weighted by Gasteiger charge is -2.22. The quantitative estimate of drug-likeness (QED) is 0.658. The minimum Gasteiger partial charge on any atom is -0.354 e. The molecule has 5 nitrogen and oxygen atoms in total. The predicted molar refractivity (Wildman–Crippen MR) is 113 cm³/mol. The molecule has 0 radical (unpaired) electrons. The highest BCUT2D eigenvalue weighted by Crippen LogP contribution is 2.16. The summed E-state index contributed by atoms with van der Waals surface area (Å²) < 4.78 is 0. The highest BCUT2D eigenvalue weighted by molar-refractivity contribution is 5.89. The van der Waals surface area contributed by atoms with Crippen LogP contribution in [0.4, 0.5) is 0 Å². The van der Waals surface area contributed by atoms with Crippen LogP contribution in [0, 0.1) is 11.8 Å². The summed E-state index contributed by atoms with van der Waals surface area (Å²) in [5, 5.41) is 11.5. The number of nitrogens with one attached hydrogen (secondary N) is 3. The van der Waals surface area contributed by atoms with E-state index in [1.807, 2.05) is 50.2 Å². The monoisotopic (exact) mass is 381 g/mol. The standard InChI is InChI=1S/C23H31N3O2/c1-16(2)22(23(28)25-12-10-17-9-11-24-15-17)26-21(27)14-18-7-8-19-5-3-4-6-20(19)13-18/h3-8,13,16-17,22,24H,9-12,14-15H2,1-2H3,(H,25,28)(H,26,27). The molecule has 0 aromatic heterocycles. The summed E-state index contributed by atoms with van der Waals surface area (Å²) in [7, 11) is 0. The van der Waals surface area contributed by atoms with Crippen molar-refractivity contribution in [3.05, 3.63) is 48.0 Å². The summed E-state index contributed by atoms with van der Waals surface area (Å²) in [5.41, 5.74) is 0.952. The van der Waals surface area contributed by atoms with Crippen LogP contribution < -0.4 is 16.0 Å². The Labute approximate surface area is 167 Å². The van der Waals surface area contributed by atoms with Gasteiger partial charge in [-0.15, -0.1) is 0 Å². The highest BCUT2D eigenvalue weighted by Gasteiger charge is 2.24. The summed E-state index contributed by atoms with van der Waals surface area (Å²) >= 11 is 0. The Kier molecular flexibility index (Phi) is 7.04. The third kappa shape index (κ3) is 5.55. The van der Waals surface area contributed by atoms with Gasteiger partial charge in [-0.1, -0.05) is 56.3 Å². The zero-order valence-corrected chi connectivity index (χ0v) is 16.8. The molecule has 3 rings (SSSR count). The second kappa shape index (κ2) is 9.69. The van der Waals surface area contributed by atoms with Gasteiger partial charge >= 0.3 is 0 Å². The van der Waals surface area contributed by atoms with E-state index in [-0.39, 0.29) is 24.2 Å². The molecular formula is C23H31N3O2. The Morgan fingerprint density at radius 1 is 1.14 bits per heavy atom. The Morgan fingerprint density at radius 2 is 1.93 bits per heavy atom. The fraction of sp³-hybridized carbons (Fsp3) is 0.478.